The summed E-state index contributed by atoms with van der Waals surface area (Å²) < 4.78 is 27.3. The number of sulfonamides is 1. The first kappa shape index (κ1) is 19.8. The van der Waals surface area contributed by atoms with Gasteiger partial charge in [-0.15, -0.1) is 0 Å². The number of hydrogen-bond donors (Lipinski definition) is 1. The predicted octanol–water partition coefficient (Wildman–Crippen LogP) is 1.51. The van der Waals surface area contributed by atoms with Crippen molar-refractivity contribution in [3.63, 3.8) is 0 Å². The molecule has 0 bridgehead atoms. The second-order valence-corrected chi connectivity index (χ2v) is 9.15. The van der Waals surface area contributed by atoms with Crippen molar-refractivity contribution in [3.05, 3.63) is 29.3 Å². The third-order valence-electron chi connectivity index (χ3n) is 5.53. The summed E-state index contributed by atoms with van der Waals surface area (Å²) in [7, 11) is -3.56. The Morgan fingerprint density at radius 3 is 2.48 bits per heavy atom. The first-order valence-corrected chi connectivity index (χ1v) is 10.9. The Morgan fingerprint density at radius 1 is 1.19 bits per heavy atom. The van der Waals surface area contributed by atoms with Crippen LogP contribution in [0.5, 0.6) is 0 Å². The number of benzene rings is 1. The normalized spacial score (nSPS) is 18.3. The number of fused-ring (bicyclic) bond motifs is 1. The van der Waals surface area contributed by atoms with Gasteiger partial charge in [-0.25, -0.2) is 8.42 Å². The molecule has 1 aromatic carbocycles. The van der Waals surface area contributed by atoms with Crippen LogP contribution in [-0.2, 0) is 32.5 Å². The summed E-state index contributed by atoms with van der Waals surface area (Å²) in [4.78, 5) is 25.1. The highest BCUT2D eigenvalue weighted by Crippen LogP contribution is 2.29. The summed E-state index contributed by atoms with van der Waals surface area (Å²) in [6, 6.07) is 5.39. The van der Waals surface area contributed by atoms with Crippen molar-refractivity contribution < 1.29 is 23.1 Å². The van der Waals surface area contributed by atoms with Gasteiger partial charge in [-0.2, -0.15) is 4.31 Å². The van der Waals surface area contributed by atoms with Gasteiger partial charge in [0, 0.05) is 25.6 Å². The number of hydrogen-bond acceptors (Lipinski definition) is 4. The molecule has 1 aromatic rings. The molecule has 1 aliphatic heterocycles. The highest BCUT2D eigenvalue weighted by atomic mass is 32.2. The minimum absolute atomic E-state index is 0.200. The Balaban J connectivity index is 1.66. The number of likely N-dealkylation sites (N-methyl/N-ethyl adjacent to an activating group) is 1. The lowest BCUT2D eigenvalue weighted by Gasteiger charge is -2.33. The van der Waals surface area contributed by atoms with Crippen molar-refractivity contribution in [3.8, 4) is 0 Å². The number of carbonyl (C=O) groups is 2. The quantitative estimate of drug-likeness (QED) is 0.789. The maximum absolute atomic E-state index is 13.0. The first-order valence-electron chi connectivity index (χ1n) is 9.45. The molecule has 148 valence electrons. The summed E-state index contributed by atoms with van der Waals surface area (Å²) in [6.07, 6.45) is 3.83. The lowest BCUT2D eigenvalue weighted by Crippen LogP contribution is -2.45. The standard InChI is InChI=1S/C19H26N2O5S/c1-2-20(13-18(22)23)19(24)15-8-10-21(11-9-15)27(25,26)17-7-6-14-4-3-5-16(14)12-17/h6-7,12,15H,2-5,8-11,13H2,1H3,(H,22,23). The Labute approximate surface area is 160 Å². The van der Waals surface area contributed by atoms with Gasteiger partial charge in [-0.3, -0.25) is 9.59 Å². The number of rotatable bonds is 6. The van der Waals surface area contributed by atoms with E-state index in [1.165, 1.54) is 14.8 Å². The van der Waals surface area contributed by atoms with Crippen LogP contribution in [0.2, 0.25) is 0 Å². The van der Waals surface area contributed by atoms with E-state index in [4.69, 9.17) is 5.11 Å². The molecule has 0 radical (unpaired) electrons. The molecule has 27 heavy (non-hydrogen) atoms. The minimum Gasteiger partial charge on any atom is -0.480 e. The van der Waals surface area contributed by atoms with E-state index in [2.05, 4.69) is 0 Å². The van der Waals surface area contributed by atoms with Gasteiger partial charge >= 0.3 is 5.97 Å². The number of piperidine rings is 1. The number of carbonyl (C=O) groups excluding carboxylic acids is 1. The molecule has 3 rings (SSSR count). The van der Waals surface area contributed by atoms with Gasteiger partial charge in [0.05, 0.1) is 4.90 Å². The van der Waals surface area contributed by atoms with Crippen LogP contribution in [0.15, 0.2) is 23.1 Å². The summed E-state index contributed by atoms with van der Waals surface area (Å²) in [6.45, 7) is 2.32. The molecule has 2 aliphatic rings. The van der Waals surface area contributed by atoms with Crippen LogP contribution >= 0.6 is 0 Å². The van der Waals surface area contributed by atoms with Crippen LogP contribution in [-0.4, -0.2) is 60.8 Å². The van der Waals surface area contributed by atoms with E-state index >= 15 is 0 Å². The largest absolute Gasteiger partial charge is 0.480 e. The van der Waals surface area contributed by atoms with E-state index in [0.29, 0.717) is 24.3 Å². The summed E-state index contributed by atoms with van der Waals surface area (Å²) in [5.41, 5.74) is 2.35. The number of carboxylic acids is 1. The Bertz CT molecular complexity index is 829. The van der Waals surface area contributed by atoms with Crippen LogP contribution < -0.4 is 0 Å². The molecular formula is C19H26N2O5S. The molecule has 8 heteroatoms. The van der Waals surface area contributed by atoms with Crippen molar-refractivity contribution in [1.82, 2.24) is 9.21 Å². The fraction of sp³-hybridized carbons (Fsp3) is 0.579. The van der Waals surface area contributed by atoms with Gasteiger partial charge in [-0.1, -0.05) is 6.07 Å². The number of carboxylic acid groups (broad SMARTS) is 1. The molecule has 1 heterocycles. The van der Waals surface area contributed by atoms with E-state index in [9.17, 15) is 18.0 Å². The van der Waals surface area contributed by atoms with Crippen LogP contribution in [0.1, 0.15) is 37.3 Å². The zero-order valence-corrected chi connectivity index (χ0v) is 16.4. The predicted molar refractivity (Wildman–Crippen MR) is 99.8 cm³/mol. The molecule has 0 saturated carbocycles. The van der Waals surface area contributed by atoms with E-state index in [0.717, 1.165) is 24.8 Å². The summed E-state index contributed by atoms with van der Waals surface area (Å²) in [5.74, 6) is -1.56. The molecule has 0 unspecified atom stereocenters. The van der Waals surface area contributed by atoms with Crippen LogP contribution in [0.4, 0.5) is 0 Å². The van der Waals surface area contributed by atoms with Gasteiger partial charge in [-0.05, 0) is 62.3 Å². The average Bonchev–Trinajstić information content (AvgIpc) is 3.13. The number of amides is 1. The third kappa shape index (κ3) is 4.16. The number of nitrogens with zero attached hydrogens (tertiary/aromatic N) is 2. The topological polar surface area (TPSA) is 95.0 Å². The summed E-state index contributed by atoms with van der Waals surface area (Å²) >= 11 is 0. The molecule has 0 spiro atoms. The number of aliphatic carboxylic acids is 1. The molecule has 0 atom stereocenters. The van der Waals surface area contributed by atoms with Crippen LogP contribution in [0, 0.1) is 5.92 Å². The molecule has 1 saturated heterocycles. The van der Waals surface area contributed by atoms with Gasteiger partial charge in [0.1, 0.15) is 6.54 Å². The van der Waals surface area contributed by atoms with E-state index in [1.807, 2.05) is 6.07 Å². The highest BCUT2D eigenvalue weighted by Gasteiger charge is 2.34. The monoisotopic (exact) mass is 394 g/mol. The van der Waals surface area contributed by atoms with E-state index < -0.39 is 16.0 Å². The number of aryl methyl sites for hydroxylation is 2. The van der Waals surface area contributed by atoms with Crippen molar-refractivity contribution in [2.24, 2.45) is 5.92 Å². The van der Waals surface area contributed by atoms with Crippen LogP contribution in [0.25, 0.3) is 0 Å². The van der Waals surface area contributed by atoms with Crippen molar-refractivity contribution in [1.29, 1.82) is 0 Å². The van der Waals surface area contributed by atoms with Crippen molar-refractivity contribution >= 4 is 21.9 Å². The Kier molecular flexibility index (Phi) is 5.86. The molecular weight excluding hydrogens is 368 g/mol. The molecule has 1 fully saturated rings. The third-order valence-corrected chi connectivity index (χ3v) is 7.43. The zero-order valence-electron chi connectivity index (χ0n) is 15.6. The maximum atomic E-state index is 13.0. The maximum Gasteiger partial charge on any atom is 0.323 e. The van der Waals surface area contributed by atoms with E-state index in [1.54, 1.807) is 19.1 Å². The Hall–Kier alpha value is -1.93. The van der Waals surface area contributed by atoms with Gasteiger partial charge in [0.2, 0.25) is 15.9 Å². The summed E-state index contributed by atoms with van der Waals surface area (Å²) in [5, 5.41) is 8.92. The second-order valence-electron chi connectivity index (χ2n) is 7.21. The molecule has 1 amide bonds. The first-order chi connectivity index (χ1) is 12.8. The second kappa shape index (κ2) is 7.98. The SMILES string of the molecule is CCN(CC(=O)O)C(=O)C1CCN(S(=O)(=O)c2ccc3c(c2)CCC3)CC1. The molecule has 1 aliphatic carbocycles. The fourth-order valence-electron chi connectivity index (χ4n) is 3.97. The lowest BCUT2D eigenvalue weighted by molar-refractivity contribution is -0.146. The minimum atomic E-state index is -3.56. The van der Waals surface area contributed by atoms with Gasteiger partial charge in [0.15, 0.2) is 0 Å². The Morgan fingerprint density at radius 2 is 1.85 bits per heavy atom. The lowest BCUT2D eigenvalue weighted by atomic mass is 9.96. The zero-order chi connectivity index (χ0) is 19.6. The smallest absolute Gasteiger partial charge is 0.323 e. The highest BCUT2D eigenvalue weighted by molar-refractivity contribution is 7.89. The van der Waals surface area contributed by atoms with Gasteiger partial charge < -0.3 is 10.0 Å². The fourth-order valence-corrected chi connectivity index (χ4v) is 5.49. The molecule has 1 N–H and O–H groups in total. The van der Waals surface area contributed by atoms with Crippen LogP contribution in [0.3, 0.4) is 0 Å². The molecule has 7 nitrogen and oxygen atoms in total. The van der Waals surface area contributed by atoms with Crippen molar-refractivity contribution in [2.75, 3.05) is 26.2 Å². The average molecular weight is 394 g/mol. The van der Waals surface area contributed by atoms with Gasteiger partial charge in [0.25, 0.3) is 0 Å². The van der Waals surface area contributed by atoms with E-state index in [-0.39, 0.29) is 31.5 Å². The van der Waals surface area contributed by atoms with Crippen molar-refractivity contribution in [2.45, 2.75) is 43.9 Å². The molecule has 0 aromatic heterocycles.